The van der Waals surface area contributed by atoms with Crippen molar-refractivity contribution >= 4 is 29.9 Å². The number of rotatable bonds is 8. The Bertz CT molecular complexity index is 472. The molecule has 0 aliphatic carbocycles. The molecule has 6 heteroatoms. The number of aromatic nitrogens is 1. The summed E-state index contributed by atoms with van der Waals surface area (Å²) in [5.41, 5.74) is 0. The van der Waals surface area contributed by atoms with Crippen molar-refractivity contribution in [3.63, 3.8) is 0 Å². The molecule has 1 unspecified atom stereocenters. The second-order valence-electron chi connectivity index (χ2n) is 7.23. The third-order valence-corrected chi connectivity index (χ3v) is 4.41. The molecule has 1 aromatic heterocycles. The third kappa shape index (κ3) is 8.94. The number of halogens is 1. The first-order chi connectivity index (χ1) is 11.7. The fourth-order valence-corrected chi connectivity index (χ4v) is 3.37. The van der Waals surface area contributed by atoms with E-state index in [2.05, 4.69) is 65.4 Å². The van der Waals surface area contributed by atoms with Gasteiger partial charge in [-0.3, -0.25) is 4.99 Å². The van der Waals surface area contributed by atoms with Gasteiger partial charge in [-0.15, -0.1) is 24.0 Å². The highest BCUT2D eigenvalue weighted by Gasteiger charge is 2.20. The zero-order valence-corrected chi connectivity index (χ0v) is 18.4. The van der Waals surface area contributed by atoms with E-state index in [0.29, 0.717) is 5.92 Å². The van der Waals surface area contributed by atoms with Gasteiger partial charge in [0.05, 0.1) is 0 Å². The van der Waals surface area contributed by atoms with Crippen LogP contribution < -0.4 is 10.6 Å². The molecule has 25 heavy (non-hydrogen) atoms. The lowest BCUT2D eigenvalue weighted by Crippen LogP contribution is -2.41. The summed E-state index contributed by atoms with van der Waals surface area (Å²) in [5.74, 6) is 2.39. The molecule has 0 spiro atoms. The molecule has 1 aromatic rings. The maximum atomic E-state index is 4.83. The van der Waals surface area contributed by atoms with Crippen LogP contribution in [0.25, 0.3) is 0 Å². The first-order valence-electron chi connectivity index (χ1n) is 9.52. The van der Waals surface area contributed by atoms with Gasteiger partial charge in [0, 0.05) is 51.7 Å². The predicted octanol–water partition coefficient (Wildman–Crippen LogP) is 3.03. The average molecular weight is 461 g/mol. The molecule has 1 aliphatic heterocycles. The number of hydrogen-bond acceptors (Lipinski definition) is 2. The van der Waals surface area contributed by atoms with Gasteiger partial charge in [-0.2, -0.15) is 0 Å². The largest absolute Gasteiger partial charge is 0.357 e. The normalized spacial score (nSPS) is 18.9. The molecule has 0 saturated carbocycles. The van der Waals surface area contributed by atoms with Crippen LogP contribution in [0.3, 0.4) is 0 Å². The third-order valence-electron chi connectivity index (χ3n) is 4.41. The standard InChI is InChI=1S/C19H35N5.HI/c1-4-20-19(21-9-13-23-10-5-6-11-23)22-14-18-8-7-12-24(16-18)15-17(2)3;/h5-6,10-11,17-18H,4,7-9,12-16H2,1-3H3,(H2,20,21,22);1H. The number of aliphatic imine (C=N–C) groups is 1. The van der Waals surface area contributed by atoms with Crippen molar-refractivity contribution in [2.75, 3.05) is 39.3 Å². The summed E-state index contributed by atoms with van der Waals surface area (Å²) in [4.78, 5) is 7.44. The Kier molecular flexibility index (Phi) is 11.2. The van der Waals surface area contributed by atoms with Gasteiger partial charge in [-0.05, 0) is 50.3 Å². The van der Waals surface area contributed by atoms with Gasteiger partial charge in [0.25, 0.3) is 0 Å². The molecule has 1 saturated heterocycles. The fraction of sp³-hybridized carbons (Fsp3) is 0.737. The Morgan fingerprint density at radius 2 is 2.00 bits per heavy atom. The summed E-state index contributed by atoms with van der Waals surface area (Å²) < 4.78 is 2.18. The Morgan fingerprint density at radius 3 is 2.68 bits per heavy atom. The van der Waals surface area contributed by atoms with E-state index in [1.165, 1.54) is 32.5 Å². The van der Waals surface area contributed by atoms with Crippen molar-refractivity contribution in [1.82, 2.24) is 20.1 Å². The molecule has 0 aromatic carbocycles. The van der Waals surface area contributed by atoms with E-state index in [0.717, 1.165) is 38.1 Å². The van der Waals surface area contributed by atoms with E-state index in [4.69, 9.17) is 4.99 Å². The van der Waals surface area contributed by atoms with Crippen molar-refractivity contribution < 1.29 is 0 Å². The van der Waals surface area contributed by atoms with Gasteiger partial charge in [0.1, 0.15) is 0 Å². The van der Waals surface area contributed by atoms with Gasteiger partial charge in [-0.25, -0.2) is 0 Å². The van der Waals surface area contributed by atoms with Crippen LogP contribution in [0, 0.1) is 11.8 Å². The van der Waals surface area contributed by atoms with E-state index in [-0.39, 0.29) is 24.0 Å². The lowest BCUT2D eigenvalue weighted by atomic mass is 9.97. The highest BCUT2D eigenvalue weighted by Crippen LogP contribution is 2.17. The van der Waals surface area contributed by atoms with Gasteiger partial charge >= 0.3 is 0 Å². The van der Waals surface area contributed by atoms with Crippen LogP contribution in [0.2, 0.25) is 0 Å². The number of nitrogens with zero attached hydrogens (tertiary/aromatic N) is 3. The van der Waals surface area contributed by atoms with Gasteiger partial charge in [-0.1, -0.05) is 13.8 Å². The van der Waals surface area contributed by atoms with Crippen LogP contribution in [0.15, 0.2) is 29.5 Å². The second kappa shape index (κ2) is 12.6. The first-order valence-corrected chi connectivity index (χ1v) is 9.52. The predicted molar refractivity (Wildman–Crippen MR) is 118 cm³/mol. The monoisotopic (exact) mass is 461 g/mol. The minimum absolute atomic E-state index is 0. The molecular weight excluding hydrogens is 425 g/mol. The van der Waals surface area contributed by atoms with Crippen molar-refractivity contribution in [1.29, 1.82) is 0 Å². The molecule has 5 nitrogen and oxygen atoms in total. The van der Waals surface area contributed by atoms with E-state index in [1.807, 2.05) is 0 Å². The minimum atomic E-state index is 0. The minimum Gasteiger partial charge on any atom is -0.357 e. The molecule has 2 N–H and O–H groups in total. The van der Waals surface area contributed by atoms with Crippen molar-refractivity contribution in [3.8, 4) is 0 Å². The Labute approximate surface area is 170 Å². The quantitative estimate of drug-likeness (QED) is 0.356. The first kappa shape index (κ1) is 22.3. The molecule has 1 aliphatic rings. The molecule has 2 heterocycles. The van der Waals surface area contributed by atoms with E-state index >= 15 is 0 Å². The zero-order chi connectivity index (χ0) is 17.2. The SMILES string of the molecule is CCNC(=NCC1CCCN(CC(C)C)C1)NCCn1cccc1.I. The lowest BCUT2D eigenvalue weighted by Gasteiger charge is -2.33. The number of piperidine rings is 1. The topological polar surface area (TPSA) is 44.6 Å². The Hall–Kier alpha value is -0.760. The molecule has 0 bridgehead atoms. The second-order valence-corrected chi connectivity index (χ2v) is 7.23. The van der Waals surface area contributed by atoms with Crippen molar-refractivity contribution in [2.45, 2.75) is 40.2 Å². The van der Waals surface area contributed by atoms with Gasteiger partial charge in [0.2, 0.25) is 0 Å². The maximum Gasteiger partial charge on any atom is 0.191 e. The fourth-order valence-electron chi connectivity index (χ4n) is 3.37. The highest BCUT2D eigenvalue weighted by atomic mass is 127. The van der Waals surface area contributed by atoms with Gasteiger partial charge < -0.3 is 20.1 Å². The molecule has 1 atom stereocenters. The van der Waals surface area contributed by atoms with E-state index in [9.17, 15) is 0 Å². The van der Waals surface area contributed by atoms with Crippen LogP contribution in [0.1, 0.15) is 33.6 Å². The summed E-state index contributed by atoms with van der Waals surface area (Å²) >= 11 is 0. The van der Waals surface area contributed by atoms with E-state index < -0.39 is 0 Å². The summed E-state index contributed by atoms with van der Waals surface area (Å²) in [6, 6.07) is 4.12. The number of guanidine groups is 1. The molecule has 0 amide bonds. The molecule has 0 radical (unpaired) electrons. The van der Waals surface area contributed by atoms with Crippen LogP contribution in [-0.2, 0) is 6.54 Å². The maximum absolute atomic E-state index is 4.83. The smallest absolute Gasteiger partial charge is 0.191 e. The Morgan fingerprint density at radius 1 is 1.24 bits per heavy atom. The highest BCUT2D eigenvalue weighted by molar-refractivity contribution is 14.0. The summed E-state index contributed by atoms with van der Waals surface area (Å²) in [5, 5.41) is 6.81. The summed E-state index contributed by atoms with van der Waals surface area (Å²) in [6.07, 6.45) is 6.81. The zero-order valence-electron chi connectivity index (χ0n) is 16.1. The van der Waals surface area contributed by atoms with Gasteiger partial charge in [0.15, 0.2) is 5.96 Å². The van der Waals surface area contributed by atoms with Crippen molar-refractivity contribution in [3.05, 3.63) is 24.5 Å². The van der Waals surface area contributed by atoms with Crippen LogP contribution >= 0.6 is 24.0 Å². The van der Waals surface area contributed by atoms with Crippen molar-refractivity contribution in [2.24, 2.45) is 16.8 Å². The molecule has 2 rings (SSSR count). The number of likely N-dealkylation sites (tertiary alicyclic amines) is 1. The summed E-state index contributed by atoms with van der Waals surface area (Å²) in [6.45, 7) is 14.1. The lowest BCUT2D eigenvalue weighted by molar-refractivity contribution is 0.162. The molecule has 1 fully saturated rings. The average Bonchev–Trinajstić information content (AvgIpc) is 3.06. The number of hydrogen-bond donors (Lipinski definition) is 2. The molecule has 144 valence electrons. The van der Waals surface area contributed by atoms with E-state index in [1.54, 1.807) is 0 Å². The van der Waals surface area contributed by atoms with Crippen LogP contribution in [0.5, 0.6) is 0 Å². The number of nitrogens with one attached hydrogen (secondary N) is 2. The molecular formula is C19H36IN5. The van der Waals surface area contributed by atoms with Crippen LogP contribution in [0.4, 0.5) is 0 Å². The summed E-state index contributed by atoms with van der Waals surface area (Å²) in [7, 11) is 0. The Balaban J connectivity index is 0.00000312. The van der Waals surface area contributed by atoms with Crippen LogP contribution in [-0.4, -0.2) is 54.7 Å².